The zero-order chi connectivity index (χ0) is 11.1. The molecule has 1 heterocycles. The molecule has 0 aliphatic carbocycles. The van der Waals surface area contributed by atoms with Gasteiger partial charge < -0.3 is 21.5 Å². The van der Waals surface area contributed by atoms with Crippen molar-refractivity contribution in [1.82, 2.24) is 9.97 Å². The van der Waals surface area contributed by atoms with Gasteiger partial charge in [-0.2, -0.15) is 9.97 Å². The van der Waals surface area contributed by atoms with Crippen LogP contribution in [0.5, 0.6) is 0 Å². The van der Waals surface area contributed by atoms with Gasteiger partial charge in [0.15, 0.2) is 0 Å². The van der Waals surface area contributed by atoms with Crippen molar-refractivity contribution in [3.8, 4) is 0 Å². The summed E-state index contributed by atoms with van der Waals surface area (Å²) in [5, 5.41) is 14.7. The van der Waals surface area contributed by atoms with E-state index in [1.165, 1.54) is 0 Å². The Bertz CT molecular complexity index is 305. The Morgan fingerprint density at radius 2 is 2.00 bits per heavy atom. The molecular weight excluding hydrogens is 194 g/mol. The summed E-state index contributed by atoms with van der Waals surface area (Å²) in [5.41, 5.74) is 5.54. The number of aliphatic hydroxyl groups is 1. The predicted octanol–water partition coefficient (Wildman–Crippen LogP) is 0.285. The van der Waals surface area contributed by atoms with Crippen LogP contribution in [0.1, 0.15) is 13.3 Å². The number of nitrogens with two attached hydrogens (primary N) is 1. The molecule has 0 bridgehead atoms. The molecule has 0 atom stereocenters. The molecular formula is C9H17N5O. The van der Waals surface area contributed by atoms with Crippen molar-refractivity contribution in [1.29, 1.82) is 0 Å². The maximum atomic E-state index is 8.63. The fraction of sp³-hybridized carbons (Fsp3) is 0.556. The first-order valence-electron chi connectivity index (χ1n) is 4.99. The zero-order valence-electron chi connectivity index (χ0n) is 8.82. The van der Waals surface area contributed by atoms with Crippen molar-refractivity contribution < 1.29 is 5.11 Å². The minimum absolute atomic E-state index is 0.160. The van der Waals surface area contributed by atoms with Gasteiger partial charge >= 0.3 is 0 Å². The van der Waals surface area contributed by atoms with Crippen LogP contribution in [0.4, 0.5) is 17.6 Å². The van der Waals surface area contributed by atoms with Gasteiger partial charge in [0.25, 0.3) is 0 Å². The highest BCUT2D eigenvalue weighted by Gasteiger charge is 2.00. The van der Waals surface area contributed by atoms with Crippen LogP contribution in [-0.2, 0) is 0 Å². The van der Waals surface area contributed by atoms with Gasteiger partial charge in [-0.05, 0) is 13.3 Å². The molecule has 0 aliphatic rings. The molecule has 0 unspecified atom stereocenters. The molecule has 0 saturated heterocycles. The lowest BCUT2D eigenvalue weighted by Crippen LogP contribution is -2.09. The fourth-order valence-electron chi connectivity index (χ4n) is 1.12. The average molecular weight is 211 g/mol. The minimum Gasteiger partial charge on any atom is -0.396 e. The van der Waals surface area contributed by atoms with Crippen LogP contribution in [0.15, 0.2) is 6.07 Å². The standard InChI is InChI=1S/C9H17N5O/c1-2-11-7-6-8(12-4-3-5-15)14-9(10)13-7/h6,15H,2-5H2,1H3,(H4,10,11,12,13,14). The molecule has 15 heavy (non-hydrogen) atoms. The van der Waals surface area contributed by atoms with E-state index in [1.54, 1.807) is 6.07 Å². The summed E-state index contributed by atoms with van der Waals surface area (Å²) < 4.78 is 0. The lowest BCUT2D eigenvalue weighted by Gasteiger charge is -2.08. The first-order valence-corrected chi connectivity index (χ1v) is 4.99. The summed E-state index contributed by atoms with van der Waals surface area (Å²) in [4.78, 5) is 8.04. The number of nitrogen functional groups attached to an aromatic ring is 1. The Balaban J connectivity index is 2.62. The second-order valence-electron chi connectivity index (χ2n) is 3.03. The highest BCUT2D eigenvalue weighted by molar-refractivity contribution is 5.50. The van der Waals surface area contributed by atoms with Crippen molar-refractivity contribution in [2.45, 2.75) is 13.3 Å². The summed E-state index contributed by atoms with van der Waals surface area (Å²) in [5.74, 6) is 1.61. The van der Waals surface area contributed by atoms with Crippen molar-refractivity contribution in [3.63, 3.8) is 0 Å². The van der Waals surface area contributed by atoms with Crippen molar-refractivity contribution in [3.05, 3.63) is 6.07 Å². The van der Waals surface area contributed by atoms with Gasteiger partial charge in [-0.15, -0.1) is 0 Å². The predicted molar refractivity (Wildman–Crippen MR) is 60.8 cm³/mol. The van der Waals surface area contributed by atoms with E-state index in [-0.39, 0.29) is 12.6 Å². The van der Waals surface area contributed by atoms with E-state index < -0.39 is 0 Å². The van der Waals surface area contributed by atoms with Gasteiger partial charge in [-0.3, -0.25) is 0 Å². The molecule has 0 aliphatic heterocycles. The van der Waals surface area contributed by atoms with E-state index in [2.05, 4.69) is 20.6 Å². The number of aromatic nitrogens is 2. The van der Waals surface area contributed by atoms with E-state index in [9.17, 15) is 0 Å². The summed E-state index contributed by atoms with van der Waals surface area (Å²) >= 11 is 0. The smallest absolute Gasteiger partial charge is 0.223 e. The molecule has 6 heteroatoms. The fourth-order valence-corrected chi connectivity index (χ4v) is 1.12. The topological polar surface area (TPSA) is 96.1 Å². The molecule has 1 rings (SSSR count). The SMILES string of the molecule is CCNc1cc(NCCCO)nc(N)n1. The molecule has 0 fully saturated rings. The van der Waals surface area contributed by atoms with E-state index in [0.717, 1.165) is 6.54 Å². The first kappa shape index (κ1) is 11.5. The molecule has 1 aromatic heterocycles. The minimum atomic E-state index is 0.160. The molecule has 0 amide bonds. The maximum absolute atomic E-state index is 8.63. The van der Waals surface area contributed by atoms with Crippen LogP contribution in [0.25, 0.3) is 0 Å². The zero-order valence-corrected chi connectivity index (χ0v) is 8.82. The lowest BCUT2D eigenvalue weighted by molar-refractivity contribution is 0.292. The third kappa shape index (κ3) is 3.99. The molecule has 84 valence electrons. The van der Waals surface area contributed by atoms with Crippen LogP contribution >= 0.6 is 0 Å². The van der Waals surface area contributed by atoms with Crippen LogP contribution < -0.4 is 16.4 Å². The Morgan fingerprint density at radius 3 is 2.60 bits per heavy atom. The first-order chi connectivity index (χ1) is 7.26. The number of hydrogen-bond acceptors (Lipinski definition) is 6. The van der Waals surface area contributed by atoms with Crippen molar-refractivity contribution in [2.75, 3.05) is 36.1 Å². The third-order valence-electron chi connectivity index (χ3n) is 1.74. The largest absolute Gasteiger partial charge is 0.396 e. The van der Waals surface area contributed by atoms with Gasteiger partial charge in [-0.1, -0.05) is 0 Å². The van der Waals surface area contributed by atoms with Gasteiger partial charge in [0.1, 0.15) is 11.6 Å². The van der Waals surface area contributed by atoms with E-state index in [4.69, 9.17) is 10.8 Å². The van der Waals surface area contributed by atoms with Crippen LogP contribution in [-0.4, -0.2) is 34.8 Å². The summed E-state index contributed by atoms with van der Waals surface area (Å²) in [6.07, 6.45) is 0.681. The Hall–Kier alpha value is -1.56. The van der Waals surface area contributed by atoms with Gasteiger partial charge in [-0.25, -0.2) is 0 Å². The van der Waals surface area contributed by atoms with Gasteiger partial charge in [0.05, 0.1) is 0 Å². The molecule has 5 N–H and O–H groups in total. The van der Waals surface area contributed by atoms with Gasteiger partial charge in [0.2, 0.25) is 5.95 Å². The third-order valence-corrected chi connectivity index (χ3v) is 1.74. The highest BCUT2D eigenvalue weighted by Crippen LogP contribution is 2.11. The number of nitrogens with one attached hydrogen (secondary N) is 2. The summed E-state index contributed by atoms with van der Waals surface area (Å²) in [6, 6.07) is 1.79. The average Bonchev–Trinajstić information content (AvgIpc) is 2.18. The molecule has 0 spiro atoms. The molecule has 1 aromatic rings. The molecule has 0 radical (unpaired) electrons. The van der Waals surface area contributed by atoms with Crippen LogP contribution in [0, 0.1) is 0 Å². The van der Waals surface area contributed by atoms with E-state index in [1.807, 2.05) is 6.92 Å². The number of hydrogen-bond donors (Lipinski definition) is 4. The quantitative estimate of drug-likeness (QED) is 0.505. The van der Waals surface area contributed by atoms with Crippen molar-refractivity contribution >= 4 is 17.6 Å². The number of nitrogens with zero attached hydrogens (tertiary/aromatic N) is 2. The van der Waals surface area contributed by atoms with Crippen LogP contribution in [0.3, 0.4) is 0 Å². The monoisotopic (exact) mass is 211 g/mol. The maximum Gasteiger partial charge on any atom is 0.223 e. The van der Waals surface area contributed by atoms with Crippen molar-refractivity contribution in [2.24, 2.45) is 0 Å². The highest BCUT2D eigenvalue weighted by atomic mass is 16.3. The Labute approximate surface area is 88.9 Å². The van der Waals surface area contributed by atoms with E-state index in [0.29, 0.717) is 24.6 Å². The normalized spacial score (nSPS) is 10.0. The van der Waals surface area contributed by atoms with Crippen LogP contribution in [0.2, 0.25) is 0 Å². The molecule has 0 aromatic carbocycles. The van der Waals surface area contributed by atoms with Gasteiger partial charge in [0, 0.05) is 25.8 Å². The van der Waals surface area contributed by atoms with E-state index >= 15 is 0 Å². The Kier molecular flexibility index (Phi) is 4.62. The number of anilines is 3. The second kappa shape index (κ2) is 6.02. The molecule has 6 nitrogen and oxygen atoms in total. The number of aliphatic hydroxyl groups excluding tert-OH is 1. The Morgan fingerprint density at radius 1 is 1.33 bits per heavy atom. The number of rotatable bonds is 6. The summed E-state index contributed by atoms with van der Waals surface area (Å²) in [6.45, 7) is 3.59. The summed E-state index contributed by atoms with van der Waals surface area (Å²) in [7, 11) is 0. The molecule has 0 saturated carbocycles. The lowest BCUT2D eigenvalue weighted by atomic mass is 10.4. The second-order valence-corrected chi connectivity index (χ2v) is 3.03.